The van der Waals surface area contributed by atoms with Crippen molar-refractivity contribution in [2.24, 2.45) is 0 Å². The molecule has 0 fully saturated rings. The summed E-state index contributed by atoms with van der Waals surface area (Å²) in [6.45, 7) is 0. The largest absolute Gasteiger partial charge is 0.294 e. The smallest absolute Gasteiger partial charge is 0.163 e. The van der Waals surface area contributed by atoms with Gasteiger partial charge < -0.3 is 0 Å². The van der Waals surface area contributed by atoms with E-state index in [2.05, 4.69) is 24.3 Å². The number of hydrogen-bond acceptors (Lipinski definition) is 2. The maximum Gasteiger partial charge on any atom is 0.163 e. The number of hydrogen-bond donors (Lipinski definition) is 0. The Morgan fingerprint density at radius 1 is 0.533 bits per heavy atom. The van der Waals surface area contributed by atoms with Crippen molar-refractivity contribution in [3.05, 3.63) is 94.0 Å². The molecule has 0 aromatic heterocycles. The van der Waals surface area contributed by atoms with E-state index in [1.54, 1.807) is 0 Å². The zero-order valence-electron chi connectivity index (χ0n) is 16.8. The zero-order chi connectivity index (χ0) is 20.2. The van der Waals surface area contributed by atoms with Crippen molar-refractivity contribution in [3.8, 4) is 0 Å². The van der Waals surface area contributed by atoms with Gasteiger partial charge in [-0.25, -0.2) is 0 Å². The highest BCUT2D eigenvalue weighted by atomic mass is 16.1. The lowest BCUT2D eigenvalue weighted by Crippen LogP contribution is -2.07. The van der Waals surface area contributed by atoms with Crippen LogP contribution in [0.2, 0.25) is 0 Å². The Labute approximate surface area is 175 Å². The third-order valence-corrected chi connectivity index (χ3v) is 6.93. The third kappa shape index (κ3) is 2.56. The molecule has 2 aliphatic rings. The van der Waals surface area contributed by atoms with E-state index in [4.69, 9.17) is 0 Å². The Morgan fingerprint density at radius 2 is 0.933 bits per heavy atom. The van der Waals surface area contributed by atoms with Crippen molar-refractivity contribution < 1.29 is 9.59 Å². The molecule has 146 valence electrons. The molecule has 0 saturated heterocycles. The van der Waals surface area contributed by atoms with Gasteiger partial charge in [-0.05, 0) is 69.5 Å². The van der Waals surface area contributed by atoms with E-state index in [9.17, 15) is 9.59 Å². The quantitative estimate of drug-likeness (QED) is 0.390. The zero-order valence-corrected chi connectivity index (χ0v) is 16.8. The summed E-state index contributed by atoms with van der Waals surface area (Å²) in [5, 5.41) is 4.60. The standard InChI is InChI=1S/C28H22O2/c29-25(21-13-11-19-9-7-17-3-1-5-23(21)27(17)19)15-16-26(30)22-14-12-20-10-8-18-4-2-6-24(22)28(18)20/h1-6,11-14H,7-10,15-16H2. The van der Waals surface area contributed by atoms with Crippen molar-refractivity contribution in [2.75, 3.05) is 0 Å². The fourth-order valence-corrected chi connectivity index (χ4v) is 5.48. The summed E-state index contributed by atoms with van der Waals surface area (Å²) in [7, 11) is 0. The molecule has 0 bridgehead atoms. The van der Waals surface area contributed by atoms with Crippen LogP contribution in [0.15, 0.2) is 60.7 Å². The normalized spacial score (nSPS) is 14.0. The lowest BCUT2D eigenvalue weighted by molar-refractivity contribution is 0.0919. The molecule has 2 heteroatoms. The Balaban J connectivity index is 1.29. The molecule has 0 radical (unpaired) electrons. The van der Waals surface area contributed by atoms with Crippen molar-refractivity contribution in [3.63, 3.8) is 0 Å². The number of rotatable bonds is 5. The Hall–Kier alpha value is -3.26. The lowest BCUT2D eigenvalue weighted by atomic mass is 9.93. The van der Waals surface area contributed by atoms with Crippen LogP contribution < -0.4 is 0 Å². The summed E-state index contributed by atoms with van der Waals surface area (Å²) < 4.78 is 0. The fourth-order valence-electron chi connectivity index (χ4n) is 5.48. The molecular weight excluding hydrogens is 368 g/mol. The molecule has 0 heterocycles. The van der Waals surface area contributed by atoms with Gasteiger partial charge in [-0.1, -0.05) is 60.7 Å². The Kier molecular flexibility index (Phi) is 3.89. The number of benzene rings is 4. The van der Waals surface area contributed by atoms with E-state index >= 15 is 0 Å². The van der Waals surface area contributed by atoms with Crippen LogP contribution in [0.1, 0.15) is 55.8 Å². The first-order chi connectivity index (χ1) is 14.7. The van der Waals surface area contributed by atoms with Gasteiger partial charge in [0.1, 0.15) is 0 Å². The molecule has 0 amide bonds. The van der Waals surface area contributed by atoms with Crippen LogP contribution in [-0.2, 0) is 25.7 Å². The second-order valence-corrected chi connectivity index (χ2v) is 8.57. The van der Waals surface area contributed by atoms with Crippen molar-refractivity contribution >= 4 is 33.1 Å². The van der Waals surface area contributed by atoms with Gasteiger partial charge in [0.2, 0.25) is 0 Å². The lowest BCUT2D eigenvalue weighted by Gasteiger charge is -2.10. The van der Waals surface area contributed by atoms with Crippen LogP contribution in [0, 0.1) is 0 Å². The van der Waals surface area contributed by atoms with Crippen molar-refractivity contribution in [2.45, 2.75) is 38.5 Å². The van der Waals surface area contributed by atoms with Crippen molar-refractivity contribution in [1.82, 2.24) is 0 Å². The van der Waals surface area contributed by atoms with Gasteiger partial charge in [0.05, 0.1) is 0 Å². The predicted molar refractivity (Wildman–Crippen MR) is 121 cm³/mol. The minimum Gasteiger partial charge on any atom is -0.294 e. The molecule has 4 aromatic carbocycles. The molecule has 30 heavy (non-hydrogen) atoms. The summed E-state index contributed by atoms with van der Waals surface area (Å²) in [6, 6.07) is 20.6. The number of Topliss-reactive ketones (excluding diaryl/α,β-unsaturated/α-hetero) is 2. The van der Waals surface area contributed by atoms with E-state index in [1.165, 1.54) is 33.0 Å². The highest BCUT2D eigenvalue weighted by Gasteiger charge is 2.21. The van der Waals surface area contributed by atoms with Gasteiger partial charge >= 0.3 is 0 Å². The maximum atomic E-state index is 13.1. The van der Waals surface area contributed by atoms with Crippen LogP contribution in [-0.4, -0.2) is 11.6 Å². The second-order valence-electron chi connectivity index (χ2n) is 8.57. The summed E-state index contributed by atoms with van der Waals surface area (Å²) in [5.41, 5.74) is 6.85. The van der Waals surface area contributed by atoms with Gasteiger partial charge in [0, 0.05) is 24.0 Å². The highest BCUT2D eigenvalue weighted by Crippen LogP contribution is 2.35. The first-order valence-electron chi connectivity index (χ1n) is 10.8. The minimum atomic E-state index is 0.0601. The molecule has 0 unspecified atom stereocenters. The summed E-state index contributed by atoms with van der Waals surface area (Å²) >= 11 is 0. The van der Waals surface area contributed by atoms with Crippen LogP contribution in [0.25, 0.3) is 21.5 Å². The number of aryl methyl sites for hydroxylation is 4. The second kappa shape index (κ2) is 6.63. The van der Waals surface area contributed by atoms with Gasteiger partial charge in [0.15, 0.2) is 11.6 Å². The maximum absolute atomic E-state index is 13.1. The van der Waals surface area contributed by atoms with Gasteiger partial charge in [-0.2, -0.15) is 0 Å². The molecule has 2 aliphatic carbocycles. The summed E-state index contributed by atoms with van der Waals surface area (Å²) in [6.07, 6.45) is 4.70. The Morgan fingerprint density at radius 3 is 1.37 bits per heavy atom. The molecule has 0 spiro atoms. The summed E-state index contributed by atoms with van der Waals surface area (Å²) in [4.78, 5) is 26.1. The molecular formula is C28H22O2. The topological polar surface area (TPSA) is 34.1 Å². The van der Waals surface area contributed by atoms with E-state index in [0.29, 0.717) is 0 Å². The first kappa shape index (κ1) is 17.6. The van der Waals surface area contributed by atoms with E-state index in [1.807, 2.05) is 36.4 Å². The van der Waals surface area contributed by atoms with E-state index in [0.717, 1.165) is 47.6 Å². The number of carbonyl (C=O) groups excluding carboxylic acids is 2. The average molecular weight is 390 g/mol. The van der Waals surface area contributed by atoms with Crippen molar-refractivity contribution in [1.29, 1.82) is 0 Å². The van der Waals surface area contributed by atoms with Gasteiger partial charge in [0.25, 0.3) is 0 Å². The predicted octanol–water partition coefficient (Wildman–Crippen LogP) is 6.04. The highest BCUT2D eigenvalue weighted by molar-refractivity contribution is 6.14. The minimum absolute atomic E-state index is 0.0601. The van der Waals surface area contributed by atoms with E-state index < -0.39 is 0 Å². The monoisotopic (exact) mass is 390 g/mol. The van der Waals surface area contributed by atoms with Crippen LogP contribution >= 0.6 is 0 Å². The van der Waals surface area contributed by atoms with Gasteiger partial charge in [-0.3, -0.25) is 9.59 Å². The molecule has 0 saturated carbocycles. The van der Waals surface area contributed by atoms with Gasteiger partial charge in [-0.15, -0.1) is 0 Å². The molecule has 4 aromatic rings. The summed E-state index contributed by atoms with van der Waals surface area (Å²) in [5.74, 6) is 0.120. The number of ketones is 2. The fraction of sp³-hybridized carbons (Fsp3) is 0.214. The molecule has 0 N–H and O–H groups in total. The molecule has 6 rings (SSSR count). The third-order valence-electron chi connectivity index (χ3n) is 6.93. The number of carbonyl (C=O) groups is 2. The SMILES string of the molecule is O=C(CCC(=O)c1ccc2c3c(cccc13)CC2)c1ccc2c3c(cccc13)CC2. The first-order valence-corrected chi connectivity index (χ1v) is 10.8. The van der Waals surface area contributed by atoms with Crippen LogP contribution in [0.4, 0.5) is 0 Å². The van der Waals surface area contributed by atoms with Crippen LogP contribution in [0.5, 0.6) is 0 Å². The average Bonchev–Trinajstić information content (AvgIpc) is 3.39. The Bertz CT molecular complexity index is 1250. The molecule has 2 nitrogen and oxygen atoms in total. The molecule has 0 atom stereocenters. The van der Waals surface area contributed by atoms with E-state index in [-0.39, 0.29) is 24.4 Å². The molecule has 0 aliphatic heterocycles. The van der Waals surface area contributed by atoms with Crippen LogP contribution in [0.3, 0.4) is 0 Å².